The summed E-state index contributed by atoms with van der Waals surface area (Å²) in [7, 11) is 0. The van der Waals surface area contributed by atoms with Crippen LogP contribution in [-0.2, 0) is 0 Å². The average molecular weight is 184 g/mol. The van der Waals surface area contributed by atoms with E-state index < -0.39 is 0 Å². The minimum Gasteiger partial charge on any atom is -0.328 e. The maximum atomic E-state index is 5.71. The Labute approximate surface area is 82.5 Å². The van der Waals surface area contributed by atoms with E-state index in [9.17, 15) is 0 Å². The van der Waals surface area contributed by atoms with Gasteiger partial charge in [-0.3, -0.25) is 0 Å². The fourth-order valence-electron chi connectivity index (χ4n) is 1.69. The van der Waals surface area contributed by atoms with Crippen molar-refractivity contribution in [3.05, 3.63) is 0 Å². The SMILES string of the molecule is CC(N)CCN1CC(C(C)(C)C)C1. The molecule has 0 aromatic rings. The van der Waals surface area contributed by atoms with Crippen molar-refractivity contribution < 1.29 is 0 Å². The van der Waals surface area contributed by atoms with Crippen LogP contribution in [0.15, 0.2) is 0 Å². The highest BCUT2D eigenvalue weighted by Crippen LogP contribution is 2.33. The Morgan fingerprint density at radius 2 is 1.92 bits per heavy atom. The van der Waals surface area contributed by atoms with Gasteiger partial charge in [-0.1, -0.05) is 20.8 Å². The molecule has 1 rings (SSSR count). The fourth-order valence-corrected chi connectivity index (χ4v) is 1.69. The zero-order valence-electron chi connectivity index (χ0n) is 9.51. The molecule has 2 heteroatoms. The molecular weight excluding hydrogens is 160 g/mol. The molecule has 0 saturated carbocycles. The minimum absolute atomic E-state index is 0.355. The molecule has 1 fully saturated rings. The van der Waals surface area contributed by atoms with Crippen molar-refractivity contribution in [1.29, 1.82) is 0 Å². The molecule has 1 heterocycles. The highest BCUT2D eigenvalue weighted by atomic mass is 15.2. The topological polar surface area (TPSA) is 29.3 Å². The Bertz CT molecular complexity index is 152. The standard InChI is InChI=1S/C11H24N2/c1-9(12)5-6-13-7-10(8-13)11(2,3)4/h9-10H,5-8,12H2,1-4H3. The Morgan fingerprint density at radius 3 is 2.31 bits per heavy atom. The quantitative estimate of drug-likeness (QED) is 0.723. The van der Waals surface area contributed by atoms with Crippen molar-refractivity contribution >= 4 is 0 Å². The van der Waals surface area contributed by atoms with Crippen LogP contribution in [0.5, 0.6) is 0 Å². The highest BCUT2D eigenvalue weighted by Gasteiger charge is 2.34. The minimum atomic E-state index is 0.355. The zero-order valence-corrected chi connectivity index (χ0v) is 9.51. The second-order valence-corrected chi connectivity index (χ2v) is 5.59. The predicted molar refractivity (Wildman–Crippen MR) is 57.7 cm³/mol. The molecule has 0 aromatic carbocycles. The van der Waals surface area contributed by atoms with E-state index >= 15 is 0 Å². The number of nitrogens with zero attached hydrogens (tertiary/aromatic N) is 1. The molecule has 2 N–H and O–H groups in total. The molecule has 13 heavy (non-hydrogen) atoms. The van der Waals surface area contributed by atoms with Crippen LogP contribution < -0.4 is 5.73 Å². The number of nitrogens with two attached hydrogens (primary N) is 1. The van der Waals surface area contributed by atoms with Gasteiger partial charge in [0.05, 0.1) is 0 Å². The third kappa shape index (κ3) is 3.28. The molecule has 0 aliphatic carbocycles. The summed E-state index contributed by atoms with van der Waals surface area (Å²) in [6, 6.07) is 0.355. The van der Waals surface area contributed by atoms with Gasteiger partial charge >= 0.3 is 0 Å². The summed E-state index contributed by atoms with van der Waals surface area (Å²) in [5.41, 5.74) is 6.20. The predicted octanol–water partition coefficient (Wildman–Crippen LogP) is 1.70. The summed E-state index contributed by atoms with van der Waals surface area (Å²) in [4.78, 5) is 2.51. The van der Waals surface area contributed by atoms with Crippen LogP contribution in [0.25, 0.3) is 0 Å². The van der Waals surface area contributed by atoms with Crippen molar-refractivity contribution in [3.8, 4) is 0 Å². The van der Waals surface area contributed by atoms with Crippen LogP contribution in [-0.4, -0.2) is 30.6 Å². The molecule has 1 saturated heterocycles. The van der Waals surface area contributed by atoms with Gasteiger partial charge in [0.2, 0.25) is 0 Å². The lowest BCUT2D eigenvalue weighted by atomic mass is 9.76. The molecule has 0 aromatic heterocycles. The smallest absolute Gasteiger partial charge is 0.00270 e. The Balaban J connectivity index is 2.12. The third-order valence-corrected chi connectivity index (χ3v) is 3.08. The van der Waals surface area contributed by atoms with Gasteiger partial charge in [0, 0.05) is 19.1 Å². The number of hydrogen-bond acceptors (Lipinski definition) is 2. The molecule has 1 atom stereocenters. The summed E-state index contributed by atoms with van der Waals surface area (Å²) >= 11 is 0. The van der Waals surface area contributed by atoms with Gasteiger partial charge < -0.3 is 10.6 Å². The molecule has 0 amide bonds. The van der Waals surface area contributed by atoms with Crippen LogP contribution in [0.4, 0.5) is 0 Å². The average Bonchev–Trinajstić information content (AvgIpc) is 1.79. The maximum absolute atomic E-state index is 5.71. The maximum Gasteiger partial charge on any atom is 0.00270 e. The van der Waals surface area contributed by atoms with Crippen LogP contribution in [0.1, 0.15) is 34.1 Å². The van der Waals surface area contributed by atoms with E-state index in [-0.39, 0.29) is 0 Å². The van der Waals surface area contributed by atoms with E-state index in [2.05, 4.69) is 32.6 Å². The van der Waals surface area contributed by atoms with Crippen molar-refractivity contribution in [2.24, 2.45) is 17.1 Å². The van der Waals surface area contributed by atoms with Gasteiger partial charge in [0.25, 0.3) is 0 Å². The van der Waals surface area contributed by atoms with Crippen LogP contribution in [0.3, 0.4) is 0 Å². The number of hydrogen-bond donors (Lipinski definition) is 1. The second-order valence-electron chi connectivity index (χ2n) is 5.59. The zero-order chi connectivity index (χ0) is 10.1. The Kier molecular flexibility index (Phi) is 3.36. The summed E-state index contributed by atoms with van der Waals surface area (Å²) in [5.74, 6) is 0.889. The Morgan fingerprint density at radius 1 is 1.38 bits per heavy atom. The van der Waals surface area contributed by atoms with E-state index in [4.69, 9.17) is 5.73 Å². The molecule has 1 unspecified atom stereocenters. The van der Waals surface area contributed by atoms with Gasteiger partial charge in [0.15, 0.2) is 0 Å². The summed E-state index contributed by atoms with van der Waals surface area (Å²) in [6.07, 6.45) is 1.14. The largest absolute Gasteiger partial charge is 0.328 e. The lowest BCUT2D eigenvalue weighted by Crippen LogP contribution is -2.52. The number of likely N-dealkylation sites (tertiary alicyclic amines) is 1. The van der Waals surface area contributed by atoms with Gasteiger partial charge in [0.1, 0.15) is 0 Å². The lowest BCUT2D eigenvalue weighted by Gasteiger charge is -2.46. The third-order valence-electron chi connectivity index (χ3n) is 3.08. The van der Waals surface area contributed by atoms with E-state index in [1.54, 1.807) is 0 Å². The van der Waals surface area contributed by atoms with Gasteiger partial charge in [-0.25, -0.2) is 0 Å². The second kappa shape index (κ2) is 3.97. The molecule has 1 aliphatic heterocycles. The van der Waals surface area contributed by atoms with Gasteiger partial charge in [-0.2, -0.15) is 0 Å². The van der Waals surface area contributed by atoms with Crippen LogP contribution in [0.2, 0.25) is 0 Å². The molecule has 2 nitrogen and oxygen atoms in total. The first-order valence-electron chi connectivity index (χ1n) is 5.37. The molecule has 0 radical (unpaired) electrons. The highest BCUT2D eigenvalue weighted by molar-refractivity contribution is 4.87. The van der Waals surface area contributed by atoms with Crippen molar-refractivity contribution in [1.82, 2.24) is 4.90 Å². The van der Waals surface area contributed by atoms with E-state index in [1.165, 1.54) is 19.6 Å². The Hall–Kier alpha value is -0.0800. The van der Waals surface area contributed by atoms with Crippen LogP contribution in [0, 0.1) is 11.3 Å². The number of rotatable bonds is 3. The van der Waals surface area contributed by atoms with E-state index in [1.807, 2.05) is 0 Å². The van der Waals surface area contributed by atoms with Crippen molar-refractivity contribution in [3.63, 3.8) is 0 Å². The van der Waals surface area contributed by atoms with Crippen molar-refractivity contribution in [2.45, 2.75) is 40.2 Å². The fraction of sp³-hybridized carbons (Fsp3) is 1.00. The van der Waals surface area contributed by atoms with Crippen molar-refractivity contribution in [2.75, 3.05) is 19.6 Å². The lowest BCUT2D eigenvalue weighted by molar-refractivity contribution is 0.0234. The molecule has 0 bridgehead atoms. The first-order valence-corrected chi connectivity index (χ1v) is 5.37. The van der Waals surface area contributed by atoms with Gasteiger partial charge in [-0.05, 0) is 31.2 Å². The molecule has 0 spiro atoms. The molecule has 78 valence electrons. The van der Waals surface area contributed by atoms with Gasteiger partial charge in [-0.15, -0.1) is 0 Å². The monoisotopic (exact) mass is 184 g/mol. The van der Waals surface area contributed by atoms with E-state index in [0.29, 0.717) is 11.5 Å². The summed E-state index contributed by atoms with van der Waals surface area (Å²) in [6.45, 7) is 12.8. The normalized spacial score (nSPS) is 22.8. The van der Waals surface area contributed by atoms with Crippen LogP contribution >= 0.6 is 0 Å². The molecular formula is C11H24N2. The summed E-state index contributed by atoms with van der Waals surface area (Å²) in [5, 5.41) is 0. The molecule has 1 aliphatic rings. The van der Waals surface area contributed by atoms with E-state index in [0.717, 1.165) is 12.3 Å². The summed E-state index contributed by atoms with van der Waals surface area (Å²) < 4.78 is 0. The first-order chi connectivity index (χ1) is 5.89. The first kappa shape index (κ1) is 11.0.